The summed E-state index contributed by atoms with van der Waals surface area (Å²) < 4.78 is 5.48. The van der Waals surface area contributed by atoms with Crippen LogP contribution in [0.15, 0.2) is 24.3 Å². The second kappa shape index (κ2) is 65.9. The highest BCUT2D eigenvalue weighted by atomic mass is 16.5. The van der Waals surface area contributed by atoms with Gasteiger partial charge in [0.2, 0.25) is 5.91 Å². The largest absolute Gasteiger partial charge is 0.466 e. The Morgan fingerprint density at radius 2 is 0.618 bits per heavy atom. The van der Waals surface area contributed by atoms with Gasteiger partial charge in [-0.15, -0.1) is 0 Å². The van der Waals surface area contributed by atoms with Crippen LogP contribution in [0.1, 0.15) is 386 Å². The summed E-state index contributed by atoms with van der Waals surface area (Å²) in [6.45, 7) is 4.94. The number of aliphatic hydroxyl groups excluding tert-OH is 2. The van der Waals surface area contributed by atoms with Crippen LogP contribution in [0, 0.1) is 0 Å². The standard InChI is InChI=1S/C70H135NO5/c1-3-5-7-9-11-13-15-17-18-19-20-21-27-30-33-36-39-42-46-50-54-58-62-68(73)67(66-72)71-69(74)63-59-55-51-47-43-40-37-34-31-28-25-23-22-24-26-29-32-35-38-41-45-49-53-57-61-65-76-70(75)64-60-56-52-48-44-16-14-12-10-8-6-4-2/h23,25,58,62,67-68,72-73H,3-22,24,26-57,59-61,63-66H2,1-2H3,(H,71,74)/b25-23-,62-58+. The summed E-state index contributed by atoms with van der Waals surface area (Å²) in [5, 5.41) is 23.2. The molecule has 0 aliphatic carbocycles. The van der Waals surface area contributed by atoms with Gasteiger partial charge in [-0.25, -0.2) is 0 Å². The van der Waals surface area contributed by atoms with Crippen LogP contribution in [0.4, 0.5) is 0 Å². The molecular weight excluding hydrogens is 935 g/mol. The van der Waals surface area contributed by atoms with Crippen molar-refractivity contribution in [2.24, 2.45) is 0 Å². The summed E-state index contributed by atoms with van der Waals surface area (Å²) >= 11 is 0. The van der Waals surface area contributed by atoms with Crippen molar-refractivity contribution < 1.29 is 24.5 Å². The molecule has 0 heterocycles. The highest BCUT2D eigenvalue weighted by Gasteiger charge is 2.18. The number of amides is 1. The van der Waals surface area contributed by atoms with E-state index in [-0.39, 0.29) is 18.5 Å². The molecule has 0 aromatic rings. The number of ether oxygens (including phenoxy) is 1. The average molecular weight is 1070 g/mol. The third-order valence-electron chi connectivity index (χ3n) is 16.2. The molecule has 76 heavy (non-hydrogen) atoms. The first-order valence-electron chi connectivity index (χ1n) is 34.6. The lowest BCUT2D eigenvalue weighted by atomic mass is 10.0. The molecule has 0 spiro atoms. The smallest absolute Gasteiger partial charge is 0.305 e. The van der Waals surface area contributed by atoms with E-state index in [4.69, 9.17) is 4.74 Å². The predicted octanol–water partition coefficient (Wildman–Crippen LogP) is 22.1. The number of hydrogen-bond donors (Lipinski definition) is 3. The summed E-state index contributed by atoms with van der Waals surface area (Å²) in [5.74, 6) is -0.0526. The molecule has 0 radical (unpaired) electrons. The molecule has 2 unspecified atom stereocenters. The molecule has 0 aromatic heterocycles. The third-order valence-corrected chi connectivity index (χ3v) is 16.2. The molecule has 0 aliphatic heterocycles. The molecule has 0 saturated carbocycles. The molecule has 450 valence electrons. The summed E-state index contributed by atoms with van der Waals surface area (Å²) in [5.41, 5.74) is 0. The van der Waals surface area contributed by atoms with Gasteiger partial charge in [0.25, 0.3) is 0 Å². The summed E-state index contributed by atoms with van der Waals surface area (Å²) in [7, 11) is 0. The van der Waals surface area contributed by atoms with Gasteiger partial charge < -0.3 is 20.3 Å². The molecule has 6 heteroatoms. The maximum atomic E-state index is 12.5. The van der Waals surface area contributed by atoms with Gasteiger partial charge in [-0.3, -0.25) is 9.59 Å². The second-order valence-electron chi connectivity index (χ2n) is 23.9. The van der Waals surface area contributed by atoms with Gasteiger partial charge >= 0.3 is 5.97 Å². The number of hydrogen-bond acceptors (Lipinski definition) is 5. The van der Waals surface area contributed by atoms with E-state index in [9.17, 15) is 19.8 Å². The molecule has 1 amide bonds. The Kier molecular flexibility index (Phi) is 64.4. The predicted molar refractivity (Wildman–Crippen MR) is 333 cm³/mol. The van der Waals surface area contributed by atoms with Crippen LogP contribution >= 0.6 is 0 Å². The van der Waals surface area contributed by atoms with Crippen molar-refractivity contribution in [2.75, 3.05) is 13.2 Å². The fraction of sp³-hybridized carbons (Fsp3) is 0.914. The Bertz CT molecular complexity index is 1190. The highest BCUT2D eigenvalue weighted by Crippen LogP contribution is 2.18. The van der Waals surface area contributed by atoms with E-state index in [1.54, 1.807) is 6.08 Å². The first kappa shape index (κ1) is 74.3. The van der Waals surface area contributed by atoms with Crippen LogP contribution < -0.4 is 5.32 Å². The zero-order valence-corrected chi connectivity index (χ0v) is 51.5. The first-order valence-corrected chi connectivity index (χ1v) is 34.6. The van der Waals surface area contributed by atoms with Gasteiger partial charge in [0, 0.05) is 12.8 Å². The lowest BCUT2D eigenvalue weighted by Crippen LogP contribution is -2.45. The van der Waals surface area contributed by atoms with Crippen molar-refractivity contribution in [3.05, 3.63) is 24.3 Å². The highest BCUT2D eigenvalue weighted by molar-refractivity contribution is 5.76. The summed E-state index contributed by atoms with van der Waals surface area (Å²) in [4.78, 5) is 24.5. The zero-order chi connectivity index (χ0) is 55.0. The minimum atomic E-state index is -0.847. The van der Waals surface area contributed by atoms with Gasteiger partial charge in [0.05, 0.1) is 25.4 Å². The normalized spacial score (nSPS) is 12.6. The van der Waals surface area contributed by atoms with Gasteiger partial charge in [-0.05, 0) is 57.8 Å². The van der Waals surface area contributed by atoms with E-state index in [0.29, 0.717) is 19.4 Å². The van der Waals surface area contributed by atoms with E-state index in [1.165, 1.54) is 321 Å². The first-order chi connectivity index (χ1) is 37.5. The summed E-state index contributed by atoms with van der Waals surface area (Å²) in [6.07, 6.45) is 82.5. The fourth-order valence-corrected chi connectivity index (χ4v) is 10.9. The van der Waals surface area contributed by atoms with Crippen molar-refractivity contribution in [3.8, 4) is 0 Å². The molecule has 3 N–H and O–H groups in total. The topological polar surface area (TPSA) is 95.9 Å². The Morgan fingerprint density at radius 1 is 0.355 bits per heavy atom. The maximum Gasteiger partial charge on any atom is 0.305 e. The molecule has 6 nitrogen and oxygen atoms in total. The van der Waals surface area contributed by atoms with Crippen LogP contribution in [-0.4, -0.2) is 47.4 Å². The number of unbranched alkanes of at least 4 members (excludes halogenated alkanes) is 52. The molecule has 0 aliphatic rings. The zero-order valence-electron chi connectivity index (χ0n) is 51.5. The van der Waals surface area contributed by atoms with E-state index >= 15 is 0 Å². The molecule has 0 rings (SSSR count). The number of carbonyl (C=O) groups is 2. The Hall–Kier alpha value is -1.66. The van der Waals surface area contributed by atoms with Crippen LogP contribution in [0.3, 0.4) is 0 Å². The van der Waals surface area contributed by atoms with Gasteiger partial charge in [0.15, 0.2) is 0 Å². The number of allylic oxidation sites excluding steroid dienone is 3. The number of rotatable bonds is 65. The quantitative estimate of drug-likeness (QED) is 0.0320. The van der Waals surface area contributed by atoms with E-state index in [0.717, 1.165) is 38.5 Å². The van der Waals surface area contributed by atoms with Gasteiger partial charge in [-0.1, -0.05) is 340 Å². The number of esters is 1. The van der Waals surface area contributed by atoms with Crippen molar-refractivity contribution in [1.82, 2.24) is 5.32 Å². The maximum absolute atomic E-state index is 12.5. The fourth-order valence-electron chi connectivity index (χ4n) is 10.9. The Balaban J connectivity index is 3.43. The Morgan fingerprint density at radius 3 is 0.934 bits per heavy atom. The van der Waals surface area contributed by atoms with Crippen LogP contribution in [0.2, 0.25) is 0 Å². The molecule has 0 saturated heterocycles. The second-order valence-corrected chi connectivity index (χ2v) is 23.9. The van der Waals surface area contributed by atoms with E-state index < -0.39 is 12.1 Å². The number of carbonyl (C=O) groups excluding carboxylic acids is 2. The summed E-state index contributed by atoms with van der Waals surface area (Å²) in [6, 6.07) is -0.631. The molecule has 0 aromatic carbocycles. The van der Waals surface area contributed by atoms with Crippen molar-refractivity contribution in [3.63, 3.8) is 0 Å². The van der Waals surface area contributed by atoms with Crippen LogP contribution in [0.5, 0.6) is 0 Å². The minimum absolute atomic E-state index is 0.0144. The van der Waals surface area contributed by atoms with Crippen LogP contribution in [-0.2, 0) is 14.3 Å². The SMILES string of the molecule is CCCCCCCCCCCCCCCCCCCCCC/C=C/C(O)C(CO)NC(=O)CCCCCCCCCCC/C=C\CCCCCCCCCCCCCCOC(=O)CCCCCCCCCCCCCC. The van der Waals surface area contributed by atoms with Crippen molar-refractivity contribution in [2.45, 2.75) is 398 Å². The van der Waals surface area contributed by atoms with E-state index in [2.05, 4.69) is 31.3 Å². The monoisotopic (exact) mass is 1070 g/mol. The van der Waals surface area contributed by atoms with Gasteiger partial charge in [-0.2, -0.15) is 0 Å². The third kappa shape index (κ3) is 61.6. The molecule has 0 fully saturated rings. The van der Waals surface area contributed by atoms with Crippen molar-refractivity contribution >= 4 is 11.9 Å². The average Bonchev–Trinajstić information content (AvgIpc) is 3.42. The lowest BCUT2D eigenvalue weighted by molar-refractivity contribution is -0.143. The van der Waals surface area contributed by atoms with Gasteiger partial charge in [0.1, 0.15) is 0 Å². The number of nitrogens with one attached hydrogen (secondary N) is 1. The Labute approximate surface area is 475 Å². The van der Waals surface area contributed by atoms with Crippen LogP contribution in [0.25, 0.3) is 0 Å². The molecular formula is C70H135NO5. The molecule has 2 atom stereocenters. The minimum Gasteiger partial charge on any atom is -0.466 e. The van der Waals surface area contributed by atoms with E-state index in [1.807, 2.05) is 6.08 Å². The van der Waals surface area contributed by atoms with Crippen molar-refractivity contribution in [1.29, 1.82) is 0 Å². The lowest BCUT2D eigenvalue weighted by Gasteiger charge is -2.20. The molecule has 0 bridgehead atoms. The number of aliphatic hydroxyl groups is 2.